The molecule has 0 amide bonds. The molecular weight excluding hydrogens is 322 g/mol. The molecule has 0 radical (unpaired) electrons. The Balaban J connectivity index is 2.28. The van der Waals surface area contributed by atoms with Gasteiger partial charge in [-0.15, -0.1) is 11.3 Å². The van der Waals surface area contributed by atoms with Gasteiger partial charge >= 0.3 is 0 Å². The van der Waals surface area contributed by atoms with Gasteiger partial charge in [-0.2, -0.15) is 4.31 Å². The van der Waals surface area contributed by atoms with E-state index < -0.39 is 10.0 Å². The van der Waals surface area contributed by atoms with E-state index >= 15 is 0 Å². The van der Waals surface area contributed by atoms with Gasteiger partial charge in [0.25, 0.3) is 0 Å². The van der Waals surface area contributed by atoms with Gasteiger partial charge < -0.3 is 0 Å². The predicted octanol–water partition coefficient (Wildman–Crippen LogP) is 3.24. The van der Waals surface area contributed by atoms with Crippen molar-refractivity contribution in [3.05, 3.63) is 14.7 Å². The van der Waals surface area contributed by atoms with E-state index in [2.05, 4.69) is 22.9 Å². The Labute approximate surface area is 115 Å². The van der Waals surface area contributed by atoms with Crippen molar-refractivity contribution in [2.24, 2.45) is 5.92 Å². The van der Waals surface area contributed by atoms with Crippen molar-refractivity contribution >= 4 is 37.3 Å². The van der Waals surface area contributed by atoms with E-state index in [9.17, 15) is 8.42 Å². The van der Waals surface area contributed by atoms with Crippen LogP contribution in [0.5, 0.6) is 0 Å². The molecule has 1 aliphatic rings. The van der Waals surface area contributed by atoms with Crippen LogP contribution in [-0.4, -0.2) is 25.8 Å². The molecule has 0 unspecified atom stereocenters. The van der Waals surface area contributed by atoms with E-state index in [0.29, 0.717) is 23.9 Å². The van der Waals surface area contributed by atoms with Gasteiger partial charge in [-0.1, -0.05) is 6.92 Å². The summed E-state index contributed by atoms with van der Waals surface area (Å²) in [5.41, 5.74) is 0. The molecule has 0 aliphatic carbocycles. The summed E-state index contributed by atoms with van der Waals surface area (Å²) in [4.78, 5) is 1.32. The summed E-state index contributed by atoms with van der Waals surface area (Å²) in [6.07, 6.45) is 1.92. The molecule has 0 aromatic carbocycles. The fraction of sp³-hybridized carbons (Fsp3) is 0.636. The molecule has 2 heterocycles. The highest BCUT2D eigenvalue weighted by Gasteiger charge is 2.30. The number of piperidine rings is 1. The van der Waals surface area contributed by atoms with Crippen LogP contribution in [0.15, 0.2) is 14.7 Å². The van der Waals surface area contributed by atoms with E-state index in [4.69, 9.17) is 0 Å². The van der Waals surface area contributed by atoms with Crippen molar-refractivity contribution in [2.45, 2.75) is 31.6 Å². The molecule has 0 saturated carbocycles. The van der Waals surface area contributed by atoms with Crippen molar-refractivity contribution < 1.29 is 8.42 Å². The Bertz CT molecular complexity index is 502. The van der Waals surface area contributed by atoms with Gasteiger partial charge in [-0.3, -0.25) is 0 Å². The first-order valence-corrected chi connectivity index (χ1v) is 8.72. The van der Waals surface area contributed by atoms with Crippen molar-refractivity contribution in [1.82, 2.24) is 4.31 Å². The minimum atomic E-state index is -3.28. The second-order valence-electron chi connectivity index (χ2n) is 4.56. The highest BCUT2D eigenvalue weighted by molar-refractivity contribution is 9.11. The first kappa shape index (κ1) is 13.5. The first-order chi connectivity index (χ1) is 7.91. The Morgan fingerprint density at radius 2 is 2.00 bits per heavy atom. The molecule has 1 fully saturated rings. The van der Waals surface area contributed by atoms with Crippen LogP contribution in [0.2, 0.25) is 0 Å². The van der Waals surface area contributed by atoms with E-state index in [0.717, 1.165) is 21.5 Å². The molecule has 1 aliphatic heterocycles. The second kappa shape index (κ2) is 4.99. The first-order valence-electron chi connectivity index (χ1n) is 5.67. The highest BCUT2D eigenvalue weighted by Crippen LogP contribution is 2.32. The van der Waals surface area contributed by atoms with Crippen LogP contribution in [0, 0.1) is 12.8 Å². The summed E-state index contributed by atoms with van der Waals surface area (Å²) >= 11 is 4.82. The van der Waals surface area contributed by atoms with E-state index in [-0.39, 0.29) is 0 Å². The Morgan fingerprint density at radius 3 is 2.47 bits per heavy atom. The summed E-state index contributed by atoms with van der Waals surface area (Å²) in [7, 11) is -3.28. The number of halogens is 1. The lowest BCUT2D eigenvalue weighted by atomic mass is 10.0. The highest BCUT2D eigenvalue weighted by atomic mass is 79.9. The molecule has 0 bridgehead atoms. The van der Waals surface area contributed by atoms with Crippen LogP contribution in [-0.2, 0) is 10.0 Å². The van der Waals surface area contributed by atoms with Gasteiger partial charge in [0.05, 0.1) is 8.68 Å². The third-order valence-electron chi connectivity index (χ3n) is 3.20. The fourth-order valence-electron chi connectivity index (χ4n) is 2.05. The molecule has 1 aromatic rings. The third kappa shape index (κ3) is 2.75. The monoisotopic (exact) mass is 337 g/mol. The lowest BCUT2D eigenvalue weighted by Gasteiger charge is -2.29. The molecule has 0 spiro atoms. The minimum Gasteiger partial charge on any atom is -0.207 e. The van der Waals surface area contributed by atoms with Crippen molar-refractivity contribution in [3.63, 3.8) is 0 Å². The maximum Gasteiger partial charge on any atom is 0.244 e. The van der Waals surface area contributed by atoms with Gasteiger partial charge in [-0.25, -0.2) is 8.42 Å². The van der Waals surface area contributed by atoms with Crippen LogP contribution < -0.4 is 0 Å². The number of aryl methyl sites for hydroxylation is 1. The summed E-state index contributed by atoms with van der Waals surface area (Å²) in [6.45, 7) is 5.33. The van der Waals surface area contributed by atoms with Gasteiger partial charge in [0.1, 0.15) is 0 Å². The average molecular weight is 338 g/mol. The van der Waals surface area contributed by atoms with Crippen molar-refractivity contribution in [2.75, 3.05) is 13.1 Å². The predicted molar refractivity (Wildman–Crippen MR) is 73.9 cm³/mol. The Hall–Kier alpha value is 0.0900. The van der Waals surface area contributed by atoms with Gasteiger partial charge in [0.2, 0.25) is 10.0 Å². The molecule has 96 valence electrons. The van der Waals surface area contributed by atoms with Gasteiger partial charge in [-0.05, 0) is 47.7 Å². The lowest BCUT2D eigenvalue weighted by molar-refractivity contribution is 0.288. The maximum absolute atomic E-state index is 12.4. The largest absolute Gasteiger partial charge is 0.244 e. The molecule has 3 nitrogen and oxygen atoms in total. The fourth-order valence-corrected chi connectivity index (χ4v) is 5.90. The summed E-state index contributed by atoms with van der Waals surface area (Å²) in [5, 5.41) is 0. The smallest absolute Gasteiger partial charge is 0.207 e. The molecule has 0 N–H and O–H groups in total. The zero-order valence-corrected chi connectivity index (χ0v) is 13.2. The van der Waals surface area contributed by atoms with Crippen LogP contribution in [0.4, 0.5) is 0 Å². The zero-order valence-electron chi connectivity index (χ0n) is 9.94. The number of sulfonamides is 1. The SMILES string of the molecule is Cc1sc(Br)cc1S(=O)(=O)N1CCC(C)CC1. The van der Waals surface area contributed by atoms with Crippen LogP contribution in [0.25, 0.3) is 0 Å². The zero-order chi connectivity index (χ0) is 12.6. The molecule has 1 saturated heterocycles. The van der Waals surface area contributed by atoms with Gasteiger partial charge in [0.15, 0.2) is 0 Å². The molecular formula is C11H16BrNO2S2. The number of hydrogen-bond donors (Lipinski definition) is 0. The number of thiophene rings is 1. The standard InChI is InChI=1S/C11H16BrNO2S2/c1-8-3-5-13(6-4-8)17(14,15)10-7-11(12)16-9(10)2/h7-8H,3-6H2,1-2H3. The molecule has 17 heavy (non-hydrogen) atoms. The second-order valence-corrected chi connectivity index (χ2v) is 9.10. The summed E-state index contributed by atoms with van der Waals surface area (Å²) < 4.78 is 27.4. The minimum absolute atomic E-state index is 0.462. The van der Waals surface area contributed by atoms with Crippen LogP contribution >= 0.6 is 27.3 Å². The lowest BCUT2D eigenvalue weighted by Crippen LogP contribution is -2.37. The van der Waals surface area contributed by atoms with E-state index in [1.807, 2.05) is 6.92 Å². The van der Waals surface area contributed by atoms with Gasteiger partial charge in [0, 0.05) is 18.0 Å². The molecule has 1 aromatic heterocycles. The number of hydrogen-bond acceptors (Lipinski definition) is 3. The quantitative estimate of drug-likeness (QED) is 0.830. The normalized spacial score (nSPS) is 19.7. The molecule has 6 heteroatoms. The van der Waals surface area contributed by atoms with E-state index in [1.54, 1.807) is 10.4 Å². The van der Waals surface area contributed by atoms with E-state index in [1.165, 1.54) is 11.3 Å². The number of rotatable bonds is 2. The summed E-state index contributed by atoms with van der Waals surface area (Å²) in [6, 6.07) is 1.72. The summed E-state index contributed by atoms with van der Waals surface area (Å²) in [5.74, 6) is 0.636. The maximum atomic E-state index is 12.4. The van der Waals surface area contributed by atoms with Crippen LogP contribution in [0.1, 0.15) is 24.6 Å². The molecule has 0 atom stereocenters. The number of nitrogens with zero attached hydrogens (tertiary/aromatic N) is 1. The van der Waals surface area contributed by atoms with Crippen molar-refractivity contribution in [3.8, 4) is 0 Å². The molecule has 2 rings (SSSR count). The van der Waals surface area contributed by atoms with Crippen molar-refractivity contribution in [1.29, 1.82) is 0 Å². The average Bonchev–Trinajstić information content (AvgIpc) is 2.59. The topological polar surface area (TPSA) is 37.4 Å². The Kier molecular flexibility index (Phi) is 3.97. The van der Waals surface area contributed by atoms with Crippen LogP contribution in [0.3, 0.4) is 0 Å². The Morgan fingerprint density at radius 1 is 1.41 bits per heavy atom. The third-order valence-corrected chi connectivity index (χ3v) is 6.91.